The number of aryl methyl sites for hydroxylation is 1. The lowest BCUT2D eigenvalue weighted by Crippen LogP contribution is -2.47. The van der Waals surface area contributed by atoms with Crippen LogP contribution in [0.4, 0.5) is 0 Å². The lowest BCUT2D eigenvalue weighted by Gasteiger charge is -2.34. The van der Waals surface area contributed by atoms with Gasteiger partial charge in [-0.05, 0) is 24.6 Å². The van der Waals surface area contributed by atoms with E-state index in [2.05, 4.69) is 36.1 Å². The predicted octanol–water partition coefficient (Wildman–Crippen LogP) is 1.47. The number of aliphatic carboxylic acids is 1. The highest BCUT2D eigenvalue weighted by atomic mass is 16.5. The number of carbonyl (C=O) groups is 1. The van der Waals surface area contributed by atoms with Gasteiger partial charge in [0.25, 0.3) is 0 Å². The average molecular weight is 306 g/mol. The average Bonchev–Trinajstić information content (AvgIpc) is 2.47. The van der Waals surface area contributed by atoms with Crippen LogP contribution in [0.5, 0.6) is 0 Å². The first-order valence-electron chi connectivity index (χ1n) is 7.89. The lowest BCUT2D eigenvalue weighted by atomic mass is 10.1. The molecular formula is C17H26N2O3. The molecule has 1 aromatic rings. The maximum Gasteiger partial charge on any atom is 0.317 e. The number of hydrogen-bond donors (Lipinski definition) is 1. The van der Waals surface area contributed by atoms with E-state index in [4.69, 9.17) is 9.84 Å². The number of ether oxygens (including phenoxy) is 1. The molecule has 0 aromatic heterocycles. The third-order valence-electron chi connectivity index (χ3n) is 3.95. The van der Waals surface area contributed by atoms with Crippen LogP contribution in [0, 0.1) is 0 Å². The Hall–Kier alpha value is -1.43. The zero-order chi connectivity index (χ0) is 15.9. The fraction of sp³-hybridized carbons (Fsp3) is 0.588. The van der Waals surface area contributed by atoms with Crippen molar-refractivity contribution in [3.05, 3.63) is 35.4 Å². The molecule has 0 bridgehead atoms. The number of nitrogens with zero attached hydrogens (tertiary/aromatic N) is 2. The van der Waals surface area contributed by atoms with E-state index in [1.165, 1.54) is 11.1 Å². The van der Waals surface area contributed by atoms with Gasteiger partial charge in [-0.25, -0.2) is 0 Å². The molecular weight excluding hydrogens is 280 g/mol. The molecule has 1 N–H and O–H groups in total. The smallest absolute Gasteiger partial charge is 0.317 e. The highest BCUT2D eigenvalue weighted by molar-refractivity contribution is 5.69. The molecule has 0 radical (unpaired) electrons. The number of carboxylic acids is 1. The maximum atomic E-state index is 10.7. The van der Waals surface area contributed by atoms with Gasteiger partial charge in [0.1, 0.15) is 0 Å². The molecule has 5 nitrogen and oxygen atoms in total. The van der Waals surface area contributed by atoms with E-state index in [0.29, 0.717) is 13.2 Å². The zero-order valence-corrected chi connectivity index (χ0v) is 13.5. The highest BCUT2D eigenvalue weighted by Crippen LogP contribution is 2.13. The summed E-state index contributed by atoms with van der Waals surface area (Å²) in [6.07, 6.45) is 1.13. The van der Waals surface area contributed by atoms with E-state index in [0.717, 1.165) is 26.1 Å². The van der Waals surface area contributed by atoms with Crippen LogP contribution in [0.1, 0.15) is 18.1 Å². The summed E-state index contributed by atoms with van der Waals surface area (Å²) in [5, 5.41) is 8.82. The Morgan fingerprint density at radius 1 is 1.45 bits per heavy atom. The van der Waals surface area contributed by atoms with Gasteiger partial charge in [-0.15, -0.1) is 0 Å². The molecule has 1 aliphatic rings. The minimum Gasteiger partial charge on any atom is -0.480 e. The summed E-state index contributed by atoms with van der Waals surface area (Å²) in [7, 11) is 1.82. The number of hydrogen-bond acceptors (Lipinski definition) is 4. The van der Waals surface area contributed by atoms with Crippen molar-refractivity contribution >= 4 is 5.97 Å². The molecule has 0 amide bonds. The van der Waals surface area contributed by atoms with Gasteiger partial charge >= 0.3 is 5.97 Å². The summed E-state index contributed by atoms with van der Waals surface area (Å²) in [5.74, 6) is -0.799. The first kappa shape index (κ1) is 16.9. The van der Waals surface area contributed by atoms with Gasteiger partial charge < -0.3 is 9.84 Å². The maximum absolute atomic E-state index is 10.7. The Balaban J connectivity index is 1.86. The Morgan fingerprint density at radius 2 is 2.23 bits per heavy atom. The van der Waals surface area contributed by atoms with Crippen LogP contribution in [-0.4, -0.2) is 66.8 Å². The van der Waals surface area contributed by atoms with Gasteiger partial charge in [-0.2, -0.15) is 0 Å². The fourth-order valence-corrected chi connectivity index (χ4v) is 2.88. The molecule has 0 saturated carbocycles. The van der Waals surface area contributed by atoms with E-state index >= 15 is 0 Å². The lowest BCUT2D eigenvalue weighted by molar-refractivity contribution is -0.138. The van der Waals surface area contributed by atoms with Crippen molar-refractivity contribution in [2.75, 3.05) is 39.8 Å². The van der Waals surface area contributed by atoms with E-state index in [-0.39, 0.29) is 12.6 Å². The van der Waals surface area contributed by atoms with Crippen LogP contribution in [-0.2, 0) is 22.5 Å². The summed E-state index contributed by atoms with van der Waals surface area (Å²) >= 11 is 0. The molecule has 1 heterocycles. The first-order chi connectivity index (χ1) is 10.6. The molecule has 1 saturated heterocycles. The Bertz CT molecular complexity index is 493. The van der Waals surface area contributed by atoms with Crippen molar-refractivity contribution in [2.45, 2.75) is 26.0 Å². The van der Waals surface area contributed by atoms with Gasteiger partial charge in [0, 0.05) is 26.2 Å². The Morgan fingerprint density at radius 3 is 2.95 bits per heavy atom. The Labute approximate surface area is 132 Å². The molecule has 1 aromatic carbocycles. The number of carboxylic acid groups (broad SMARTS) is 1. The van der Waals surface area contributed by atoms with Gasteiger partial charge in [0.15, 0.2) is 0 Å². The quantitative estimate of drug-likeness (QED) is 0.827. The van der Waals surface area contributed by atoms with Gasteiger partial charge in [-0.1, -0.05) is 31.2 Å². The van der Waals surface area contributed by atoms with E-state index in [1.54, 1.807) is 4.90 Å². The largest absolute Gasteiger partial charge is 0.480 e. The second kappa shape index (κ2) is 8.27. The number of rotatable bonds is 7. The summed E-state index contributed by atoms with van der Waals surface area (Å²) < 4.78 is 5.77. The van der Waals surface area contributed by atoms with Crippen molar-refractivity contribution in [3.63, 3.8) is 0 Å². The fourth-order valence-electron chi connectivity index (χ4n) is 2.88. The molecule has 122 valence electrons. The van der Waals surface area contributed by atoms with Crippen molar-refractivity contribution in [2.24, 2.45) is 0 Å². The molecule has 2 rings (SSSR count). The molecule has 5 heteroatoms. The van der Waals surface area contributed by atoms with Gasteiger partial charge in [-0.3, -0.25) is 14.6 Å². The monoisotopic (exact) mass is 306 g/mol. The molecule has 22 heavy (non-hydrogen) atoms. The van der Waals surface area contributed by atoms with Crippen molar-refractivity contribution < 1.29 is 14.6 Å². The summed E-state index contributed by atoms with van der Waals surface area (Å²) in [6, 6.07) is 8.71. The number of morpholine rings is 1. The Kier molecular flexibility index (Phi) is 6.36. The summed E-state index contributed by atoms with van der Waals surface area (Å²) in [5.41, 5.74) is 2.70. The van der Waals surface area contributed by atoms with Crippen LogP contribution >= 0.6 is 0 Å². The van der Waals surface area contributed by atoms with E-state index < -0.39 is 5.97 Å². The zero-order valence-electron chi connectivity index (χ0n) is 13.5. The van der Waals surface area contributed by atoms with Crippen molar-refractivity contribution in [3.8, 4) is 0 Å². The molecule has 0 aliphatic carbocycles. The van der Waals surface area contributed by atoms with Crippen molar-refractivity contribution in [1.29, 1.82) is 0 Å². The van der Waals surface area contributed by atoms with Crippen LogP contribution in [0.25, 0.3) is 0 Å². The van der Waals surface area contributed by atoms with E-state index in [1.807, 2.05) is 7.05 Å². The first-order valence-corrected chi connectivity index (χ1v) is 7.89. The normalized spacial score (nSPS) is 19.5. The molecule has 1 aliphatic heterocycles. The highest BCUT2D eigenvalue weighted by Gasteiger charge is 2.22. The van der Waals surface area contributed by atoms with Gasteiger partial charge in [0.05, 0.1) is 19.3 Å². The molecule has 1 unspecified atom stereocenters. The predicted molar refractivity (Wildman–Crippen MR) is 86.0 cm³/mol. The van der Waals surface area contributed by atoms with E-state index in [9.17, 15) is 4.79 Å². The minimum absolute atomic E-state index is 0.0540. The molecule has 1 atom stereocenters. The number of likely N-dealkylation sites (N-methyl/N-ethyl adjacent to an activating group) is 1. The standard InChI is InChI=1S/C17H26N2O3/c1-3-14-5-4-6-15(9-14)10-19-7-8-22-16(12-19)11-18(2)13-17(20)21/h4-6,9,16H,3,7-8,10-13H2,1-2H3,(H,20,21). The summed E-state index contributed by atoms with van der Waals surface area (Å²) in [6.45, 7) is 6.28. The topological polar surface area (TPSA) is 53.0 Å². The third kappa shape index (κ3) is 5.40. The second-order valence-corrected chi connectivity index (χ2v) is 5.99. The van der Waals surface area contributed by atoms with Crippen LogP contribution in [0.3, 0.4) is 0 Å². The molecule has 1 fully saturated rings. The number of benzene rings is 1. The molecule has 0 spiro atoms. The third-order valence-corrected chi connectivity index (χ3v) is 3.95. The van der Waals surface area contributed by atoms with Gasteiger partial charge in [0.2, 0.25) is 0 Å². The van der Waals surface area contributed by atoms with Crippen LogP contribution in [0.15, 0.2) is 24.3 Å². The van der Waals surface area contributed by atoms with Crippen LogP contribution < -0.4 is 0 Å². The minimum atomic E-state index is -0.799. The second-order valence-electron chi connectivity index (χ2n) is 5.99. The van der Waals surface area contributed by atoms with Crippen molar-refractivity contribution in [1.82, 2.24) is 9.80 Å². The van der Waals surface area contributed by atoms with Crippen LogP contribution in [0.2, 0.25) is 0 Å². The summed E-state index contributed by atoms with van der Waals surface area (Å²) in [4.78, 5) is 14.9. The SMILES string of the molecule is CCc1cccc(CN2CCOC(CN(C)CC(=O)O)C2)c1.